The summed E-state index contributed by atoms with van der Waals surface area (Å²) in [6, 6.07) is 2.66. The van der Waals surface area contributed by atoms with Crippen molar-refractivity contribution in [3.8, 4) is 11.5 Å². The largest absolute Gasteiger partial charge is 0.515 e. The molecule has 1 aliphatic rings. The molecule has 1 aromatic rings. The zero-order chi connectivity index (χ0) is 18.8. The predicted molar refractivity (Wildman–Crippen MR) is 89.0 cm³/mol. The summed E-state index contributed by atoms with van der Waals surface area (Å²) in [4.78, 5) is 9.13. The quantitative estimate of drug-likeness (QED) is 0.713. The molecule has 1 heterocycles. The lowest BCUT2D eigenvalue weighted by atomic mass is 10.0. The van der Waals surface area contributed by atoms with Crippen molar-refractivity contribution < 1.29 is 32.5 Å². The topological polar surface area (TPSA) is 60.1 Å². The molecular weight excluding hydrogens is 361 g/mol. The highest BCUT2D eigenvalue weighted by Crippen LogP contribution is 2.41. The fourth-order valence-electron chi connectivity index (χ4n) is 2.47. The van der Waals surface area contributed by atoms with Crippen LogP contribution in [0.1, 0.15) is 32.3 Å². The first-order valence-corrected chi connectivity index (χ1v) is 8.21. The van der Waals surface area contributed by atoms with Crippen LogP contribution in [0.2, 0.25) is 5.02 Å². The van der Waals surface area contributed by atoms with E-state index < -0.39 is 23.8 Å². The Hall–Kier alpha value is -1.89. The molecule has 0 saturated carbocycles. The van der Waals surface area contributed by atoms with Crippen LogP contribution < -0.4 is 9.47 Å². The van der Waals surface area contributed by atoms with E-state index in [1.54, 1.807) is 0 Å². The molecule has 0 aliphatic carbocycles. The number of aliphatic carboxylic acids is 1. The van der Waals surface area contributed by atoms with E-state index in [1.807, 2.05) is 13.8 Å². The van der Waals surface area contributed by atoms with Gasteiger partial charge in [-0.15, -0.1) is 0 Å². The van der Waals surface area contributed by atoms with Crippen LogP contribution in [0.4, 0.5) is 13.2 Å². The Morgan fingerprint density at radius 2 is 2.00 bits per heavy atom. The number of halogens is 4. The Labute approximate surface area is 148 Å². The molecule has 2 N–H and O–H groups in total. The van der Waals surface area contributed by atoms with Crippen LogP contribution in [-0.2, 0) is 0 Å². The highest BCUT2D eigenvalue weighted by atomic mass is 35.5. The third-order valence-corrected chi connectivity index (χ3v) is 4.38. The van der Waals surface area contributed by atoms with Crippen molar-refractivity contribution in [1.82, 2.24) is 0 Å². The van der Waals surface area contributed by atoms with E-state index in [0.29, 0.717) is 12.5 Å². The van der Waals surface area contributed by atoms with Gasteiger partial charge in [0.05, 0.1) is 11.6 Å². The number of carboxylic acid groups (broad SMARTS) is 1. The fraction of sp³-hybridized carbons (Fsp3) is 0.471. The van der Waals surface area contributed by atoms with Crippen molar-refractivity contribution >= 4 is 23.6 Å². The average Bonchev–Trinajstić information content (AvgIpc) is 2.54. The number of carboxylic acids is 1. The zero-order valence-electron chi connectivity index (χ0n) is 13.7. The fourth-order valence-corrected chi connectivity index (χ4v) is 2.69. The summed E-state index contributed by atoms with van der Waals surface area (Å²) >= 11 is 6.12. The minimum atomic E-state index is -4.81. The first-order chi connectivity index (χ1) is 11.7. The summed E-state index contributed by atoms with van der Waals surface area (Å²) in [5, 5.41) is 9.33. The number of aliphatic hydroxyl groups excluding tert-OH is 1. The van der Waals surface area contributed by atoms with E-state index in [1.165, 1.54) is 12.1 Å². The van der Waals surface area contributed by atoms with Gasteiger partial charge in [-0.1, -0.05) is 38.3 Å². The van der Waals surface area contributed by atoms with Gasteiger partial charge in [0.1, 0.15) is 17.1 Å². The van der Waals surface area contributed by atoms with Crippen LogP contribution in [0.3, 0.4) is 0 Å². The lowest BCUT2D eigenvalue weighted by Crippen LogP contribution is -2.40. The van der Waals surface area contributed by atoms with Crippen LogP contribution in [0.25, 0.3) is 6.08 Å². The van der Waals surface area contributed by atoms with Gasteiger partial charge in [0.25, 0.3) is 0 Å². The maximum absolute atomic E-state index is 13.1. The summed E-state index contributed by atoms with van der Waals surface area (Å²) < 4.78 is 49.9. The summed E-state index contributed by atoms with van der Waals surface area (Å²) in [5.41, 5.74) is -0.572. The van der Waals surface area contributed by atoms with Crippen molar-refractivity contribution in [1.29, 1.82) is 0 Å². The van der Waals surface area contributed by atoms with Crippen molar-refractivity contribution in [3.63, 3.8) is 0 Å². The maximum Gasteiger partial charge on any atom is 0.515 e. The van der Waals surface area contributed by atoms with Gasteiger partial charge < -0.3 is 19.4 Å². The van der Waals surface area contributed by atoms with Gasteiger partial charge in [-0.3, -0.25) is 0 Å². The number of benzene rings is 1. The maximum atomic E-state index is 13.1. The summed E-state index contributed by atoms with van der Waals surface area (Å²) in [6.45, 7) is 4.43. The minimum Gasteiger partial charge on any atom is -0.492 e. The molecular formula is C17H19ClF3O4+. The van der Waals surface area contributed by atoms with Crippen molar-refractivity contribution in [2.75, 3.05) is 6.61 Å². The molecule has 0 amide bonds. The number of alkyl halides is 3. The van der Waals surface area contributed by atoms with Crippen LogP contribution in [0.15, 0.2) is 17.7 Å². The standard InChI is InChI=1S/C17H18ClF3O4/c1-3-9(4-2)8-24-14-7-13-10(6-12(14)18)5-11(16(22)23)15(25-13)17(19,20)21/h5-7,9,15H,3-4,8H2,1-2H3,(H,22,23)/p+1. The number of rotatable bonds is 6. The SMILES string of the molecule is CCC(CC)COc1cc2c(cc1Cl)C=C(C(O)=[OH+])C(C(F)(F)F)O2. The highest BCUT2D eigenvalue weighted by molar-refractivity contribution is 6.32. The molecule has 25 heavy (non-hydrogen) atoms. The first kappa shape index (κ1) is 19.4. The molecule has 0 spiro atoms. The second kappa shape index (κ2) is 7.56. The lowest BCUT2D eigenvalue weighted by Gasteiger charge is -2.26. The molecule has 1 atom stereocenters. The number of hydrogen-bond acceptors (Lipinski definition) is 2. The van der Waals surface area contributed by atoms with Crippen molar-refractivity contribution in [2.24, 2.45) is 5.92 Å². The van der Waals surface area contributed by atoms with E-state index in [2.05, 4.69) is 0 Å². The molecule has 0 radical (unpaired) electrons. The van der Waals surface area contributed by atoms with Gasteiger partial charge in [0.15, 0.2) is 0 Å². The molecule has 1 aliphatic heterocycles. The minimum absolute atomic E-state index is 0.0868. The average molecular weight is 380 g/mol. The highest BCUT2D eigenvalue weighted by Gasteiger charge is 2.50. The van der Waals surface area contributed by atoms with Gasteiger partial charge >= 0.3 is 12.1 Å². The first-order valence-electron chi connectivity index (χ1n) is 7.83. The number of hydrogen-bond donors (Lipinski definition) is 1. The van der Waals surface area contributed by atoms with Crippen LogP contribution in [0.5, 0.6) is 11.5 Å². The Morgan fingerprint density at radius 3 is 2.52 bits per heavy atom. The molecule has 138 valence electrons. The molecule has 8 heteroatoms. The summed E-state index contributed by atoms with van der Waals surface area (Å²) in [7, 11) is 0. The Balaban J connectivity index is 2.35. The monoisotopic (exact) mass is 379 g/mol. The molecule has 2 rings (SSSR count). The van der Waals surface area contributed by atoms with E-state index in [0.717, 1.165) is 18.9 Å². The Morgan fingerprint density at radius 1 is 1.36 bits per heavy atom. The smallest absolute Gasteiger partial charge is 0.492 e. The third-order valence-electron chi connectivity index (χ3n) is 4.09. The van der Waals surface area contributed by atoms with E-state index in [9.17, 15) is 13.2 Å². The summed E-state index contributed by atoms with van der Waals surface area (Å²) in [5.74, 6) is -1.000. The van der Waals surface area contributed by atoms with Crippen molar-refractivity contribution in [2.45, 2.75) is 39.0 Å². The normalized spacial score (nSPS) is 16.9. The predicted octanol–water partition coefficient (Wildman–Crippen LogP) is 4.92. The Bertz CT molecular complexity index is 681. The molecule has 1 unspecified atom stereocenters. The lowest BCUT2D eigenvalue weighted by molar-refractivity contribution is -0.182. The molecule has 4 nitrogen and oxygen atoms in total. The van der Waals surface area contributed by atoms with Crippen molar-refractivity contribution in [3.05, 3.63) is 28.3 Å². The molecule has 0 aromatic heterocycles. The van der Waals surface area contributed by atoms with Gasteiger partial charge in [-0.2, -0.15) is 13.2 Å². The van der Waals surface area contributed by atoms with E-state index in [-0.39, 0.29) is 22.1 Å². The Kier molecular flexibility index (Phi) is 5.87. The number of ether oxygens (including phenoxy) is 2. The third kappa shape index (κ3) is 4.39. The van der Waals surface area contributed by atoms with Gasteiger partial charge in [0, 0.05) is 11.6 Å². The molecule has 1 aromatic carbocycles. The van der Waals surface area contributed by atoms with E-state index >= 15 is 0 Å². The van der Waals surface area contributed by atoms with Crippen LogP contribution in [0, 0.1) is 5.92 Å². The van der Waals surface area contributed by atoms with Gasteiger partial charge in [0.2, 0.25) is 6.10 Å². The zero-order valence-corrected chi connectivity index (χ0v) is 14.5. The van der Waals surface area contributed by atoms with Gasteiger partial charge in [-0.05, 0) is 18.1 Å². The molecule has 0 fully saturated rings. The van der Waals surface area contributed by atoms with E-state index in [4.69, 9.17) is 31.0 Å². The number of fused-ring (bicyclic) bond motifs is 1. The summed E-state index contributed by atoms with van der Waals surface area (Å²) in [6.07, 6.45) is -4.48. The molecule has 0 bridgehead atoms. The second-order valence-electron chi connectivity index (χ2n) is 5.78. The van der Waals surface area contributed by atoms with Crippen LogP contribution in [-0.4, -0.2) is 34.8 Å². The molecule has 0 saturated heterocycles. The van der Waals surface area contributed by atoms with Gasteiger partial charge in [-0.25, -0.2) is 0 Å². The van der Waals surface area contributed by atoms with Crippen LogP contribution >= 0.6 is 11.6 Å². The second-order valence-corrected chi connectivity index (χ2v) is 6.18.